The number of pyridine rings is 1. The van der Waals surface area contributed by atoms with Crippen LogP contribution in [0.1, 0.15) is 65.8 Å². The number of hydrogen-bond acceptors (Lipinski definition) is 4. The minimum Gasteiger partial charge on any atom is -0.352 e. The van der Waals surface area contributed by atoms with Crippen LogP contribution < -0.4 is 15.5 Å². The van der Waals surface area contributed by atoms with Gasteiger partial charge in [-0.3, -0.25) is 9.59 Å². The molecule has 33 heavy (non-hydrogen) atoms. The zero-order valence-electron chi connectivity index (χ0n) is 19.5. The summed E-state index contributed by atoms with van der Waals surface area (Å²) in [6.07, 6.45) is 4.66. The number of benzene rings is 2. The lowest BCUT2D eigenvalue weighted by atomic mass is 10.0. The summed E-state index contributed by atoms with van der Waals surface area (Å²) in [7, 11) is 0. The monoisotopic (exact) mass is 444 g/mol. The van der Waals surface area contributed by atoms with Gasteiger partial charge in [-0.1, -0.05) is 57.0 Å². The van der Waals surface area contributed by atoms with E-state index in [2.05, 4.69) is 29.4 Å². The van der Waals surface area contributed by atoms with Gasteiger partial charge in [0.2, 0.25) is 0 Å². The first-order valence-electron chi connectivity index (χ1n) is 12.0. The second-order valence-corrected chi connectivity index (χ2v) is 8.44. The molecule has 0 aliphatic carbocycles. The molecule has 0 bridgehead atoms. The van der Waals surface area contributed by atoms with Crippen LogP contribution in [-0.4, -0.2) is 36.4 Å². The third-order valence-electron chi connectivity index (χ3n) is 6.11. The lowest BCUT2D eigenvalue weighted by molar-refractivity contribution is 0.0945. The maximum atomic E-state index is 13.2. The first-order valence-corrected chi connectivity index (χ1v) is 12.0. The summed E-state index contributed by atoms with van der Waals surface area (Å²) in [5, 5.41) is 6.98. The van der Waals surface area contributed by atoms with Crippen molar-refractivity contribution in [2.24, 2.45) is 0 Å². The predicted octanol–water partition coefficient (Wildman–Crippen LogP) is 4.99. The standard InChI is InChI=1S/C27H32N4O2/c1-3-5-16-28-26(32)20-12-8-10-14-23(20)31-18-15-21-24(27(33)29-17-6-4-2)19-11-7-9-13-22(19)30-25(21)31/h7-14H,3-6,15-18H2,1-2H3,(H,28,32)(H,29,33). The van der Waals surface area contributed by atoms with Gasteiger partial charge in [-0.2, -0.15) is 0 Å². The van der Waals surface area contributed by atoms with Crippen LogP contribution in [0.5, 0.6) is 0 Å². The number of aromatic nitrogens is 1. The zero-order chi connectivity index (χ0) is 23.2. The fraction of sp³-hybridized carbons (Fsp3) is 0.370. The van der Waals surface area contributed by atoms with Crippen LogP contribution in [0.15, 0.2) is 48.5 Å². The molecule has 2 N–H and O–H groups in total. The third-order valence-corrected chi connectivity index (χ3v) is 6.11. The molecule has 4 rings (SSSR count). The molecule has 0 radical (unpaired) electrons. The second kappa shape index (κ2) is 10.5. The Labute approximate surface area is 195 Å². The van der Waals surface area contributed by atoms with E-state index < -0.39 is 0 Å². The first kappa shape index (κ1) is 22.8. The van der Waals surface area contributed by atoms with Gasteiger partial charge in [-0.15, -0.1) is 0 Å². The van der Waals surface area contributed by atoms with E-state index in [1.165, 1.54) is 0 Å². The topological polar surface area (TPSA) is 74.3 Å². The van der Waals surface area contributed by atoms with E-state index >= 15 is 0 Å². The quantitative estimate of drug-likeness (QED) is 0.456. The van der Waals surface area contributed by atoms with Crippen molar-refractivity contribution in [1.82, 2.24) is 15.6 Å². The molecule has 3 aromatic rings. The van der Waals surface area contributed by atoms with E-state index in [1.807, 2.05) is 48.5 Å². The molecule has 1 aliphatic heterocycles. The number of carbonyl (C=O) groups is 2. The molecule has 1 aliphatic rings. The second-order valence-electron chi connectivity index (χ2n) is 8.44. The van der Waals surface area contributed by atoms with Gasteiger partial charge in [-0.05, 0) is 37.5 Å². The fourth-order valence-electron chi connectivity index (χ4n) is 4.36. The van der Waals surface area contributed by atoms with Gasteiger partial charge < -0.3 is 15.5 Å². The van der Waals surface area contributed by atoms with Crippen LogP contribution in [0.25, 0.3) is 10.9 Å². The Morgan fingerprint density at radius 3 is 2.33 bits per heavy atom. The summed E-state index contributed by atoms with van der Waals surface area (Å²) in [6.45, 7) is 6.20. The number of carbonyl (C=O) groups excluding carboxylic acids is 2. The normalized spacial score (nSPS) is 12.6. The molecule has 6 nitrogen and oxygen atoms in total. The van der Waals surface area contributed by atoms with Gasteiger partial charge in [0.25, 0.3) is 11.8 Å². The van der Waals surface area contributed by atoms with Crippen LogP contribution in [0.4, 0.5) is 11.5 Å². The Morgan fingerprint density at radius 2 is 1.58 bits per heavy atom. The molecule has 0 spiro atoms. The number of unbranched alkanes of at least 4 members (excludes halogenated alkanes) is 2. The summed E-state index contributed by atoms with van der Waals surface area (Å²) < 4.78 is 0. The van der Waals surface area contributed by atoms with Gasteiger partial charge in [0.1, 0.15) is 5.82 Å². The van der Waals surface area contributed by atoms with Gasteiger partial charge in [-0.25, -0.2) is 4.98 Å². The highest BCUT2D eigenvalue weighted by molar-refractivity contribution is 6.09. The van der Waals surface area contributed by atoms with Gasteiger partial charge in [0.05, 0.1) is 22.3 Å². The summed E-state index contributed by atoms with van der Waals surface area (Å²) >= 11 is 0. The Balaban J connectivity index is 1.75. The minimum atomic E-state index is -0.0779. The molecule has 0 unspecified atom stereocenters. The molecule has 2 heterocycles. The number of anilines is 2. The molecular formula is C27H32N4O2. The van der Waals surface area contributed by atoms with Crippen molar-refractivity contribution in [3.05, 3.63) is 65.2 Å². The van der Waals surface area contributed by atoms with Crippen molar-refractivity contribution in [1.29, 1.82) is 0 Å². The van der Waals surface area contributed by atoms with Gasteiger partial charge in [0.15, 0.2) is 0 Å². The maximum Gasteiger partial charge on any atom is 0.253 e. The molecule has 2 amide bonds. The molecule has 0 fully saturated rings. The molecule has 6 heteroatoms. The van der Waals surface area contributed by atoms with E-state index in [0.717, 1.165) is 53.7 Å². The highest BCUT2D eigenvalue weighted by Crippen LogP contribution is 2.39. The summed E-state index contributed by atoms with van der Waals surface area (Å²) in [6, 6.07) is 15.4. The van der Waals surface area contributed by atoms with E-state index in [-0.39, 0.29) is 11.8 Å². The zero-order valence-corrected chi connectivity index (χ0v) is 19.5. The number of para-hydroxylation sites is 2. The lowest BCUT2D eigenvalue weighted by Gasteiger charge is -2.22. The van der Waals surface area contributed by atoms with E-state index in [1.54, 1.807) is 0 Å². The third kappa shape index (κ3) is 4.70. The highest BCUT2D eigenvalue weighted by atomic mass is 16.2. The molecule has 172 valence electrons. The van der Waals surface area contributed by atoms with E-state index in [0.29, 0.717) is 37.2 Å². The van der Waals surface area contributed by atoms with Crippen LogP contribution in [0.2, 0.25) is 0 Å². The molecule has 0 atom stereocenters. The summed E-state index contributed by atoms with van der Waals surface area (Å²) in [5.74, 6) is 0.639. The number of nitrogens with one attached hydrogen (secondary N) is 2. The first-order chi connectivity index (χ1) is 16.2. The number of hydrogen-bond donors (Lipinski definition) is 2. The van der Waals surface area contributed by atoms with E-state index in [9.17, 15) is 9.59 Å². The van der Waals surface area contributed by atoms with Crippen molar-refractivity contribution >= 4 is 34.2 Å². The SMILES string of the molecule is CCCCNC(=O)c1ccccc1N1CCc2c1nc1ccccc1c2C(=O)NCCCC. The average molecular weight is 445 g/mol. The van der Waals surface area contributed by atoms with Crippen molar-refractivity contribution in [3.8, 4) is 0 Å². The smallest absolute Gasteiger partial charge is 0.253 e. The number of amides is 2. The Morgan fingerprint density at radius 1 is 0.909 bits per heavy atom. The lowest BCUT2D eigenvalue weighted by Crippen LogP contribution is -2.27. The predicted molar refractivity (Wildman–Crippen MR) is 133 cm³/mol. The Hall–Kier alpha value is -3.41. The Kier molecular flexibility index (Phi) is 7.23. The summed E-state index contributed by atoms with van der Waals surface area (Å²) in [5.41, 5.74) is 3.90. The van der Waals surface area contributed by atoms with Gasteiger partial charge in [0, 0.05) is 30.6 Å². The van der Waals surface area contributed by atoms with Gasteiger partial charge >= 0.3 is 0 Å². The van der Waals surface area contributed by atoms with Crippen molar-refractivity contribution in [3.63, 3.8) is 0 Å². The molecule has 0 saturated heterocycles. The van der Waals surface area contributed by atoms with E-state index in [4.69, 9.17) is 4.98 Å². The van der Waals surface area contributed by atoms with Crippen LogP contribution in [0, 0.1) is 0 Å². The van der Waals surface area contributed by atoms with Crippen molar-refractivity contribution in [2.45, 2.75) is 46.0 Å². The van der Waals surface area contributed by atoms with Crippen LogP contribution >= 0.6 is 0 Å². The fourth-order valence-corrected chi connectivity index (χ4v) is 4.36. The van der Waals surface area contributed by atoms with Crippen LogP contribution in [-0.2, 0) is 6.42 Å². The average Bonchev–Trinajstić information content (AvgIpc) is 3.25. The summed E-state index contributed by atoms with van der Waals surface area (Å²) in [4.78, 5) is 33.2. The van der Waals surface area contributed by atoms with Crippen molar-refractivity contribution in [2.75, 3.05) is 24.5 Å². The van der Waals surface area contributed by atoms with Crippen molar-refractivity contribution < 1.29 is 9.59 Å². The van der Waals surface area contributed by atoms with Crippen LogP contribution in [0.3, 0.4) is 0 Å². The Bertz CT molecular complexity index is 1160. The molecular weight excluding hydrogens is 412 g/mol. The number of nitrogens with zero attached hydrogens (tertiary/aromatic N) is 2. The molecule has 2 aromatic carbocycles. The minimum absolute atomic E-state index is 0.0502. The highest BCUT2D eigenvalue weighted by Gasteiger charge is 2.30. The number of fused-ring (bicyclic) bond motifs is 2. The molecule has 1 aromatic heterocycles. The largest absolute Gasteiger partial charge is 0.352 e. The maximum absolute atomic E-state index is 13.2. The number of rotatable bonds is 9. The molecule has 0 saturated carbocycles.